The zero-order valence-corrected chi connectivity index (χ0v) is 13.6. The number of nitrogens with one attached hydrogen (secondary N) is 1. The van der Waals surface area contributed by atoms with Gasteiger partial charge in [0, 0.05) is 11.5 Å². The van der Waals surface area contributed by atoms with Crippen molar-refractivity contribution in [1.29, 1.82) is 0 Å². The summed E-state index contributed by atoms with van der Waals surface area (Å²) in [6, 6.07) is 8.26. The van der Waals surface area contributed by atoms with E-state index >= 15 is 0 Å². The van der Waals surface area contributed by atoms with E-state index in [2.05, 4.69) is 5.32 Å². The summed E-state index contributed by atoms with van der Waals surface area (Å²) in [6.07, 6.45) is 1.29. The van der Waals surface area contributed by atoms with Crippen LogP contribution < -0.4 is 5.32 Å². The Kier molecular flexibility index (Phi) is 8.14. The van der Waals surface area contributed by atoms with E-state index in [0.29, 0.717) is 11.5 Å². The lowest BCUT2D eigenvalue weighted by molar-refractivity contribution is -0.138. The molecule has 0 saturated heterocycles. The number of aliphatic carboxylic acids is 1. The summed E-state index contributed by atoms with van der Waals surface area (Å²) in [7, 11) is 0. The smallest absolute Gasteiger partial charge is 0.408 e. The van der Waals surface area contributed by atoms with Gasteiger partial charge < -0.3 is 15.2 Å². The van der Waals surface area contributed by atoms with Crippen molar-refractivity contribution in [1.82, 2.24) is 5.32 Å². The van der Waals surface area contributed by atoms with Gasteiger partial charge in [-0.3, -0.25) is 0 Å². The van der Waals surface area contributed by atoms with E-state index in [-0.39, 0.29) is 6.61 Å². The summed E-state index contributed by atoms with van der Waals surface area (Å²) in [5.41, 5.74) is 2.03. The number of carbonyl (C=O) groups excluding carboxylic acids is 1. The maximum absolute atomic E-state index is 11.7. The maximum atomic E-state index is 11.7. The molecule has 0 unspecified atom stereocenters. The fraction of sp³-hybridized carbons (Fsp3) is 0.375. The van der Waals surface area contributed by atoms with E-state index in [1.165, 1.54) is 17.3 Å². The van der Waals surface area contributed by atoms with Crippen LogP contribution >= 0.6 is 11.8 Å². The van der Waals surface area contributed by atoms with Crippen molar-refractivity contribution >= 4 is 23.8 Å². The van der Waals surface area contributed by atoms with E-state index in [1.54, 1.807) is 0 Å². The minimum atomic E-state index is -1.07. The van der Waals surface area contributed by atoms with Gasteiger partial charge in [0.15, 0.2) is 0 Å². The Bertz CT molecular complexity index is 512. The highest BCUT2D eigenvalue weighted by Crippen LogP contribution is 2.06. The van der Waals surface area contributed by atoms with Gasteiger partial charge in [-0.1, -0.05) is 42.0 Å². The minimum Gasteiger partial charge on any atom is -0.480 e. The standard InChI is InChI=1S/C16H21NO4S/c1-12(2)8-9-22-11-14(15(18)19)17-16(20)21-10-13-6-4-3-5-7-13/h3-8,14H,9-11H2,1-2H3,(H,17,20)(H,18,19)/t14-/m0/s1. The molecule has 0 spiro atoms. The fourth-order valence-electron chi connectivity index (χ4n) is 1.49. The molecule has 1 amide bonds. The summed E-state index contributed by atoms with van der Waals surface area (Å²) >= 11 is 1.45. The fourth-order valence-corrected chi connectivity index (χ4v) is 2.54. The largest absolute Gasteiger partial charge is 0.480 e. The first-order chi connectivity index (χ1) is 10.5. The topological polar surface area (TPSA) is 75.6 Å². The number of hydrogen-bond donors (Lipinski definition) is 2. The molecular formula is C16H21NO4S. The molecular weight excluding hydrogens is 302 g/mol. The molecule has 22 heavy (non-hydrogen) atoms. The van der Waals surface area contributed by atoms with Crippen molar-refractivity contribution in [2.45, 2.75) is 26.5 Å². The molecule has 0 bridgehead atoms. The molecule has 1 atom stereocenters. The molecule has 0 aliphatic rings. The Hall–Kier alpha value is -1.95. The van der Waals surface area contributed by atoms with Crippen molar-refractivity contribution in [3.8, 4) is 0 Å². The van der Waals surface area contributed by atoms with Gasteiger partial charge in [-0.2, -0.15) is 11.8 Å². The van der Waals surface area contributed by atoms with Gasteiger partial charge in [0.1, 0.15) is 12.6 Å². The predicted octanol–water partition coefficient (Wildman–Crippen LogP) is 3.07. The number of amides is 1. The molecule has 0 saturated carbocycles. The van der Waals surface area contributed by atoms with E-state index in [4.69, 9.17) is 9.84 Å². The minimum absolute atomic E-state index is 0.115. The normalized spacial score (nSPS) is 11.4. The van der Waals surface area contributed by atoms with Crippen molar-refractivity contribution in [2.75, 3.05) is 11.5 Å². The SMILES string of the molecule is CC(C)=CCSC[C@H](NC(=O)OCc1ccccc1)C(=O)O. The summed E-state index contributed by atoms with van der Waals surface area (Å²) in [5, 5.41) is 11.5. The molecule has 2 N–H and O–H groups in total. The molecule has 0 aliphatic heterocycles. The van der Waals surface area contributed by atoms with Gasteiger partial charge >= 0.3 is 12.1 Å². The molecule has 1 rings (SSSR count). The number of carboxylic acids is 1. The van der Waals surface area contributed by atoms with Crippen LogP contribution in [0, 0.1) is 0 Å². The molecule has 0 fully saturated rings. The van der Waals surface area contributed by atoms with Crippen molar-refractivity contribution < 1.29 is 19.4 Å². The van der Waals surface area contributed by atoms with Crippen LogP contribution in [0.15, 0.2) is 42.0 Å². The number of benzene rings is 1. The average Bonchev–Trinajstić information content (AvgIpc) is 2.48. The molecule has 0 aliphatic carbocycles. The van der Waals surface area contributed by atoms with Crippen LogP contribution in [0.25, 0.3) is 0 Å². The van der Waals surface area contributed by atoms with Gasteiger partial charge in [-0.05, 0) is 19.4 Å². The number of carbonyl (C=O) groups is 2. The molecule has 1 aromatic carbocycles. The van der Waals surface area contributed by atoms with E-state index in [9.17, 15) is 9.59 Å². The van der Waals surface area contributed by atoms with Crippen molar-refractivity contribution in [3.63, 3.8) is 0 Å². The zero-order chi connectivity index (χ0) is 16.4. The molecule has 6 heteroatoms. The van der Waals surface area contributed by atoms with Crippen LogP contribution in [0.5, 0.6) is 0 Å². The van der Waals surface area contributed by atoms with Gasteiger partial charge in [0.2, 0.25) is 0 Å². The molecule has 1 aromatic rings. The Morgan fingerprint density at radius 2 is 2.00 bits per heavy atom. The second kappa shape index (κ2) is 9.89. The molecule has 0 radical (unpaired) electrons. The number of alkyl carbamates (subject to hydrolysis) is 1. The quantitative estimate of drug-likeness (QED) is 0.568. The highest BCUT2D eigenvalue weighted by atomic mass is 32.2. The highest BCUT2D eigenvalue weighted by Gasteiger charge is 2.20. The van der Waals surface area contributed by atoms with Crippen LogP contribution in [0.2, 0.25) is 0 Å². The summed E-state index contributed by atoms with van der Waals surface area (Å²) < 4.78 is 5.02. The lowest BCUT2D eigenvalue weighted by Crippen LogP contribution is -2.42. The summed E-state index contributed by atoms with van der Waals surface area (Å²) in [6.45, 7) is 4.08. The molecule has 120 valence electrons. The molecule has 0 heterocycles. The third kappa shape index (κ3) is 7.73. The number of ether oxygens (including phenoxy) is 1. The third-order valence-corrected chi connectivity index (χ3v) is 3.67. The Balaban J connectivity index is 2.37. The second-order valence-corrected chi connectivity index (χ2v) is 5.99. The van der Waals surface area contributed by atoms with Crippen LogP contribution in [-0.2, 0) is 16.1 Å². The average molecular weight is 323 g/mol. The van der Waals surface area contributed by atoms with Crippen LogP contribution in [0.4, 0.5) is 4.79 Å². The predicted molar refractivity (Wildman–Crippen MR) is 87.9 cm³/mol. The molecule has 0 aromatic heterocycles. The van der Waals surface area contributed by atoms with Gasteiger partial charge in [0.25, 0.3) is 0 Å². The maximum Gasteiger partial charge on any atom is 0.408 e. The summed E-state index contributed by atoms with van der Waals surface area (Å²) in [5.74, 6) is -0.0618. The highest BCUT2D eigenvalue weighted by molar-refractivity contribution is 7.99. The Morgan fingerprint density at radius 1 is 1.32 bits per heavy atom. The lowest BCUT2D eigenvalue weighted by Gasteiger charge is -2.14. The monoisotopic (exact) mass is 323 g/mol. The van der Waals surface area contributed by atoms with Crippen LogP contribution in [0.1, 0.15) is 19.4 Å². The number of allylic oxidation sites excluding steroid dienone is 1. The first-order valence-electron chi connectivity index (χ1n) is 6.90. The Labute approximate surface area is 134 Å². The second-order valence-electron chi connectivity index (χ2n) is 4.92. The zero-order valence-electron chi connectivity index (χ0n) is 12.7. The molecule has 5 nitrogen and oxygen atoms in total. The van der Waals surface area contributed by atoms with Gasteiger partial charge in [-0.25, -0.2) is 9.59 Å². The first kappa shape index (κ1) is 18.1. The Morgan fingerprint density at radius 3 is 2.59 bits per heavy atom. The van der Waals surface area contributed by atoms with Crippen molar-refractivity contribution in [2.24, 2.45) is 0 Å². The first-order valence-corrected chi connectivity index (χ1v) is 8.05. The number of thioether (sulfide) groups is 1. The third-order valence-electron chi connectivity index (χ3n) is 2.70. The van der Waals surface area contributed by atoms with Gasteiger partial charge in [-0.15, -0.1) is 0 Å². The van der Waals surface area contributed by atoms with E-state index < -0.39 is 18.1 Å². The lowest BCUT2D eigenvalue weighted by atomic mass is 10.2. The van der Waals surface area contributed by atoms with Gasteiger partial charge in [0.05, 0.1) is 0 Å². The van der Waals surface area contributed by atoms with E-state index in [0.717, 1.165) is 5.56 Å². The number of carboxylic acid groups (broad SMARTS) is 1. The van der Waals surface area contributed by atoms with Crippen LogP contribution in [-0.4, -0.2) is 34.7 Å². The number of rotatable bonds is 8. The van der Waals surface area contributed by atoms with Crippen LogP contribution in [0.3, 0.4) is 0 Å². The van der Waals surface area contributed by atoms with Crippen molar-refractivity contribution in [3.05, 3.63) is 47.5 Å². The summed E-state index contributed by atoms with van der Waals surface area (Å²) in [4.78, 5) is 22.8. The number of hydrogen-bond acceptors (Lipinski definition) is 4. The van der Waals surface area contributed by atoms with E-state index in [1.807, 2.05) is 50.3 Å².